The second kappa shape index (κ2) is 7.80. The van der Waals surface area contributed by atoms with Gasteiger partial charge in [-0.15, -0.1) is 0 Å². The van der Waals surface area contributed by atoms with Crippen LogP contribution < -0.4 is 5.32 Å². The van der Waals surface area contributed by atoms with Gasteiger partial charge in [-0.3, -0.25) is 4.68 Å². The second-order valence-corrected chi connectivity index (χ2v) is 7.89. The van der Waals surface area contributed by atoms with Crippen molar-refractivity contribution in [3.8, 4) is 0 Å². The lowest BCUT2D eigenvalue weighted by atomic mass is 9.93. The van der Waals surface area contributed by atoms with E-state index < -0.39 is 0 Å². The summed E-state index contributed by atoms with van der Waals surface area (Å²) in [6, 6.07) is 2.98. The summed E-state index contributed by atoms with van der Waals surface area (Å²) in [6.07, 6.45) is 9.44. The summed E-state index contributed by atoms with van der Waals surface area (Å²) in [4.78, 5) is 2.47. The maximum Gasteiger partial charge on any atom is 0.0596 e. The van der Waals surface area contributed by atoms with E-state index in [4.69, 9.17) is 0 Å². The molecule has 0 bridgehead atoms. The van der Waals surface area contributed by atoms with Crippen molar-refractivity contribution in [2.75, 3.05) is 26.7 Å². The molecule has 2 unspecified atom stereocenters. The molecule has 4 nitrogen and oxygen atoms in total. The number of aryl methyl sites for hydroxylation is 2. The van der Waals surface area contributed by atoms with E-state index in [1.807, 2.05) is 0 Å². The first-order valence-electron chi connectivity index (χ1n) is 9.53. The molecule has 0 spiro atoms. The predicted octanol–water partition coefficient (Wildman–Crippen LogP) is 2.76. The van der Waals surface area contributed by atoms with E-state index in [9.17, 15) is 0 Å². The lowest BCUT2D eigenvalue weighted by Crippen LogP contribution is -2.36. The molecule has 23 heavy (non-hydrogen) atoms. The fourth-order valence-corrected chi connectivity index (χ4v) is 4.50. The molecule has 2 aliphatic rings. The summed E-state index contributed by atoms with van der Waals surface area (Å²) in [5.41, 5.74) is 2.55. The Hall–Kier alpha value is -0.870. The quantitative estimate of drug-likeness (QED) is 0.875. The van der Waals surface area contributed by atoms with Gasteiger partial charge in [0.1, 0.15) is 0 Å². The van der Waals surface area contributed by atoms with Gasteiger partial charge in [-0.05, 0) is 90.0 Å². The van der Waals surface area contributed by atoms with E-state index in [0.29, 0.717) is 0 Å². The minimum atomic E-state index is 0.719. The molecule has 2 heterocycles. The zero-order valence-electron chi connectivity index (χ0n) is 15.2. The van der Waals surface area contributed by atoms with Gasteiger partial charge in [0, 0.05) is 18.8 Å². The molecule has 3 rings (SSSR count). The molecule has 1 N–H and O–H groups in total. The number of hydrogen-bond donors (Lipinski definition) is 1. The van der Waals surface area contributed by atoms with Crippen LogP contribution in [0.5, 0.6) is 0 Å². The van der Waals surface area contributed by atoms with Gasteiger partial charge >= 0.3 is 0 Å². The van der Waals surface area contributed by atoms with Crippen LogP contribution in [0.4, 0.5) is 0 Å². The van der Waals surface area contributed by atoms with E-state index in [2.05, 4.69) is 47.1 Å². The zero-order chi connectivity index (χ0) is 16.2. The van der Waals surface area contributed by atoms with E-state index in [1.54, 1.807) is 0 Å². The third-order valence-electron chi connectivity index (χ3n) is 6.03. The van der Waals surface area contributed by atoms with Gasteiger partial charge in [0.05, 0.1) is 5.69 Å². The van der Waals surface area contributed by atoms with Crippen molar-refractivity contribution in [2.45, 2.75) is 57.9 Å². The Morgan fingerprint density at radius 1 is 1.17 bits per heavy atom. The number of piperidine rings is 1. The molecule has 1 aliphatic heterocycles. The zero-order valence-corrected chi connectivity index (χ0v) is 15.2. The highest BCUT2D eigenvalue weighted by Crippen LogP contribution is 2.29. The lowest BCUT2D eigenvalue weighted by Gasteiger charge is -2.29. The molecular formula is C19H34N4. The molecule has 2 atom stereocenters. The Morgan fingerprint density at radius 3 is 2.65 bits per heavy atom. The first-order valence-corrected chi connectivity index (χ1v) is 9.53. The predicted molar refractivity (Wildman–Crippen MR) is 95.6 cm³/mol. The number of nitrogens with one attached hydrogen (secondary N) is 1. The first-order chi connectivity index (χ1) is 11.1. The van der Waals surface area contributed by atoms with Crippen LogP contribution in [0.3, 0.4) is 0 Å². The van der Waals surface area contributed by atoms with Gasteiger partial charge in [0.25, 0.3) is 0 Å². The van der Waals surface area contributed by atoms with Crippen molar-refractivity contribution in [3.63, 3.8) is 0 Å². The molecule has 1 saturated carbocycles. The van der Waals surface area contributed by atoms with Crippen molar-refractivity contribution in [1.29, 1.82) is 0 Å². The molecule has 0 amide bonds. The topological polar surface area (TPSA) is 33.1 Å². The average Bonchev–Trinajstić information content (AvgIpc) is 3.08. The standard InChI is InChI=1S/C19H34N4/c1-15-13-18(23(3)21-15)14-17-5-4-6-19(17)20-10-7-16-8-11-22(2)12-9-16/h13,16-17,19-20H,4-12,14H2,1-3H3. The highest BCUT2D eigenvalue weighted by Gasteiger charge is 2.28. The van der Waals surface area contributed by atoms with E-state index in [-0.39, 0.29) is 0 Å². The first kappa shape index (κ1) is 17.0. The van der Waals surface area contributed by atoms with Crippen molar-refractivity contribution < 1.29 is 0 Å². The highest BCUT2D eigenvalue weighted by molar-refractivity contribution is 5.10. The molecule has 4 heteroatoms. The summed E-state index contributed by atoms with van der Waals surface area (Å²) >= 11 is 0. The Kier molecular flexibility index (Phi) is 5.76. The van der Waals surface area contributed by atoms with Gasteiger partial charge in [0.15, 0.2) is 0 Å². The number of hydrogen-bond acceptors (Lipinski definition) is 3. The van der Waals surface area contributed by atoms with Gasteiger partial charge in [0.2, 0.25) is 0 Å². The third-order valence-corrected chi connectivity index (χ3v) is 6.03. The summed E-state index contributed by atoms with van der Waals surface area (Å²) in [7, 11) is 4.33. The Labute approximate surface area is 141 Å². The smallest absolute Gasteiger partial charge is 0.0596 e. The van der Waals surface area contributed by atoms with E-state index in [1.165, 1.54) is 70.3 Å². The number of likely N-dealkylation sites (tertiary alicyclic amines) is 1. The highest BCUT2D eigenvalue weighted by atomic mass is 15.3. The van der Waals surface area contributed by atoms with E-state index in [0.717, 1.165) is 23.6 Å². The van der Waals surface area contributed by atoms with Gasteiger partial charge < -0.3 is 10.2 Å². The number of aromatic nitrogens is 2. The maximum atomic E-state index is 4.50. The number of rotatable bonds is 6. The Balaban J connectivity index is 1.43. The van der Waals surface area contributed by atoms with Crippen LogP contribution in [0, 0.1) is 18.8 Å². The van der Waals surface area contributed by atoms with E-state index >= 15 is 0 Å². The lowest BCUT2D eigenvalue weighted by molar-refractivity contribution is 0.209. The number of nitrogens with zero attached hydrogens (tertiary/aromatic N) is 3. The van der Waals surface area contributed by atoms with Crippen molar-refractivity contribution >= 4 is 0 Å². The Bertz CT molecular complexity index is 488. The summed E-state index contributed by atoms with van der Waals surface area (Å²) in [5, 5.41) is 8.39. The van der Waals surface area contributed by atoms with Gasteiger partial charge in [-0.2, -0.15) is 5.10 Å². The third kappa shape index (κ3) is 4.57. The fraction of sp³-hybridized carbons (Fsp3) is 0.842. The Morgan fingerprint density at radius 2 is 1.96 bits per heavy atom. The molecule has 1 aliphatic carbocycles. The molecule has 0 aromatic carbocycles. The van der Waals surface area contributed by atoms with Crippen LogP contribution >= 0.6 is 0 Å². The minimum Gasteiger partial charge on any atom is -0.314 e. The second-order valence-electron chi connectivity index (χ2n) is 7.89. The van der Waals surface area contributed by atoms with Crippen LogP contribution in [-0.2, 0) is 13.5 Å². The van der Waals surface area contributed by atoms with Crippen LogP contribution in [0.2, 0.25) is 0 Å². The minimum absolute atomic E-state index is 0.719. The van der Waals surface area contributed by atoms with Crippen molar-refractivity contribution in [3.05, 3.63) is 17.5 Å². The van der Waals surface area contributed by atoms with Gasteiger partial charge in [-0.1, -0.05) is 6.42 Å². The van der Waals surface area contributed by atoms with Crippen molar-refractivity contribution in [2.24, 2.45) is 18.9 Å². The monoisotopic (exact) mass is 318 g/mol. The summed E-state index contributed by atoms with van der Waals surface area (Å²) in [6.45, 7) is 5.88. The van der Waals surface area contributed by atoms with Crippen LogP contribution in [-0.4, -0.2) is 47.4 Å². The molecule has 0 radical (unpaired) electrons. The molecule has 1 saturated heterocycles. The van der Waals surface area contributed by atoms with Crippen LogP contribution in [0.1, 0.15) is 49.9 Å². The largest absolute Gasteiger partial charge is 0.314 e. The SMILES string of the molecule is Cc1cc(CC2CCCC2NCCC2CCN(C)CC2)n(C)n1. The fourth-order valence-electron chi connectivity index (χ4n) is 4.50. The summed E-state index contributed by atoms with van der Waals surface area (Å²) in [5.74, 6) is 1.74. The molecule has 1 aromatic heterocycles. The molecule has 1 aromatic rings. The molecule has 2 fully saturated rings. The normalized spacial score (nSPS) is 26.9. The van der Waals surface area contributed by atoms with Crippen LogP contribution in [0.25, 0.3) is 0 Å². The summed E-state index contributed by atoms with van der Waals surface area (Å²) < 4.78 is 2.07. The molecular weight excluding hydrogens is 284 g/mol. The average molecular weight is 319 g/mol. The maximum absolute atomic E-state index is 4.50. The van der Waals surface area contributed by atoms with Gasteiger partial charge in [-0.25, -0.2) is 0 Å². The molecule has 130 valence electrons. The van der Waals surface area contributed by atoms with Crippen molar-refractivity contribution in [1.82, 2.24) is 20.0 Å². The van der Waals surface area contributed by atoms with Crippen LogP contribution in [0.15, 0.2) is 6.07 Å².